The number of nitro benzene ring substituents is 1. The van der Waals surface area contributed by atoms with Crippen LogP contribution in [0.1, 0.15) is 29.0 Å². The van der Waals surface area contributed by atoms with E-state index in [1.807, 2.05) is 0 Å². The molecule has 0 radical (unpaired) electrons. The number of nitro groups is 1. The number of hydrogen-bond acceptors (Lipinski definition) is 6. The van der Waals surface area contributed by atoms with E-state index >= 15 is 0 Å². The van der Waals surface area contributed by atoms with Gasteiger partial charge in [-0.1, -0.05) is 11.3 Å². The zero-order chi connectivity index (χ0) is 17.1. The molecule has 0 unspecified atom stereocenters. The molecular formula is C15H19ClN6O3. The second kappa shape index (κ2) is 8.04. The third kappa shape index (κ3) is 4.12. The Morgan fingerprint density at radius 2 is 2.12 bits per heavy atom. The molecule has 2 heterocycles. The topological polar surface area (TPSA) is 115 Å². The molecule has 1 aromatic carbocycles. The van der Waals surface area contributed by atoms with Crippen LogP contribution in [0.3, 0.4) is 0 Å². The molecule has 1 saturated heterocycles. The predicted octanol–water partition coefficient (Wildman–Crippen LogP) is 1.39. The van der Waals surface area contributed by atoms with E-state index < -0.39 is 4.92 Å². The molecule has 2 N–H and O–H groups in total. The second-order valence-corrected chi connectivity index (χ2v) is 5.71. The highest BCUT2D eigenvalue weighted by molar-refractivity contribution is 5.93. The Morgan fingerprint density at radius 1 is 1.40 bits per heavy atom. The summed E-state index contributed by atoms with van der Waals surface area (Å²) < 4.78 is 1.43. The first-order chi connectivity index (χ1) is 11.6. The van der Waals surface area contributed by atoms with Gasteiger partial charge in [-0.15, -0.1) is 17.5 Å². The molecule has 1 amide bonds. The maximum Gasteiger partial charge on any atom is 0.273 e. The van der Waals surface area contributed by atoms with Gasteiger partial charge in [-0.05, 0) is 38.9 Å². The standard InChI is InChI=1S/C15H18N6O3.ClH/c1-10-14(15(22)17-11-5-7-16-8-6-11)18-19-20(10)12-3-2-4-13(9-12)21(23)24;/h2-4,9,11,16H,5-8H2,1H3,(H,17,22);1H. The second-order valence-electron chi connectivity index (χ2n) is 5.71. The van der Waals surface area contributed by atoms with Crippen LogP contribution in [0.25, 0.3) is 5.69 Å². The van der Waals surface area contributed by atoms with Gasteiger partial charge in [0.2, 0.25) is 0 Å². The van der Waals surface area contributed by atoms with Gasteiger partial charge in [0, 0.05) is 18.2 Å². The summed E-state index contributed by atoms with van der Waals surface area (Å²) in [6.07, 6.45) is 1.76. The number of nitrogens with one attached hydrogen (secondary N) is 2. The summed E-state index contributed by atoms with van der Waals surface area (Å²) in [6.45, 7) is 3.48. The lowest BCUT2D eigenvalue weighted by Gasteiger charge is -2.23. The van der Waals surface area contributed by atoms with Crippen molar-refractivity contribution in [2.45, 2.75) is 25.8 Å². The SMILES string of the molecule is Cc1c(C(=O)NC2CCNCC2)nnn1-c1cccc([N+](=O)[O-])c1.Cl. The van der Waals surface area contributed by atoms with Crippen molar-refractivity contribution in [1.82, 2.24) is 25.6 Å². The van der Waals surface area contributed by atoms with Crippen LogP contribution in [0.2, 0.25) is 0 Å². The molecule has 1 aromatic heterocycles. The molecule has 134 valence electrons. The molecule has 9 nitrogen and oxygen atoms in total. The van der Waals surface area contributed by atoms with Gasteiger partial charge >= 0.3 is 0 Å². The molecular weight excluding hydrogens is 348 g/mol. The molecule has 0 aliphatic carbocycles. The predicted molar refractivity (Wildman–Crippen MR) is 93.4 cm³/mol. The fourth-order valence-electron chi connectivity index (χ4n) is 2.74. The summed E-state index contributed by atoms with van der Waals surface area (Å²) in [4.78, 5) is 22.8. The number of piperidine rings is 1. The van der Waals surface area contributed by atoms with Crippen molar-refractivity contribution >= 4 is 24.0 Å². The molecule has 0 spiro atoms. The number of benzene rings is 1. The van der Waals surface area contributed by atoms with Crippen LogP contribution in [-0.4, -0.2) is 45.0 Å². The number of carbonyl (C=O) groups is 1. The van der Waals surface area contributed by atoms with Crippen molar-refractivity contribution in [3.63, 3.8) is 0 Å². The molecule has 3 rings (SSSR count). The van der Waals surface area contributed by atoms with Crippen molar-refractivity contribution in [3.05, 3.63) is 45.8 Å². The van der Waals surface area contributed by atoms with Crippen LogP contribution in [0, 0.1) is 17.0 Å². The van der Waals surface area contributed by atoms with E-state index in [1.54, 1.807) is 19.1 Å². The van der Waals surface area contributed by atoms with Gasteiger partial charge in [-0.3, -0.25) is 14.9 Å². The Labute approximate surface area is 150 Å². The quantitative estimate of drug-likeness (QED) is 0.624. The first kappa shape index (κ1) is 18.8. The molecule has 0 bridgehead atoms. The number of halogens is 1. The van der Waals surface area contributed by atoms with E-state index in [2.05, 4.69) is 20.9 Å². The van der Waals surface area contributed by atoms with E-state index in [-0.39, 0.29) is 35.7 Å². The molecule has 10 heteroatoms. The first-order valence-electron chi connectivity index (χ1n) is 7.75. The molecule has 1 aliphatic rings. The summed E-state index contributed by atoms with van der Waals surface area (Å²) in [6, 6.07) is 6.18. The van der Waals surface area contributed by atoms with Gasteiger partial charge < -0.3 is 10.6 Å². The van der Waals surface area contributed by atoms with Crippen molar-refractivity contribution in [3.8, 4) is 5.69 Å². The molecule has 1 aliphatic heterocycles. The molecule has 0 atom stereocenters. The highest BCUT2D eigenvalue weighted by atomic mass is 35.5. The Morgan fingerprint density at radius 3 is 2.80 bits per heavy atom. The Balaban J connectivity index is 0.00000225. The molecule has 25 heavy (non-hydrogen) atoms. The summed E-state index contributed by atoms with van der Waals surface area (Å²) in [5, 5.41) is 25.0. The number of nitrogens with zero attached hydrogens (tertiary/aromatic N) is 4. The van der Waals surface area contributed by atoms with Crippen LogP contribution in [0.5, 0.6) is 0 Å². The summed E-state index contributed by atoms with van der Waals surface area (Å²) >= 11 is 0. The molecule has 1 fully saturated rings. The monoisotopic (exact) mass is 366 g/mol. The Hall–Kier alpha value is -2.52. The van der Waals surface area contributed by atoms with Crippen molar-refractivity contribution in [2.24, 2.45) is 0 Å². The summed E-state index contributed by atoms with van der Waals surface area (Å²) in [7, 11) is 0. The number of non-ortho nitro benzene ring substituents is 1. The average Bonchev–Trinajstić information content (AvgIpc) is 2.97. The minimum Gasteiger partial charge on any atom is -0.348 e. The van der Waals surface area contributed by atoms with E-state index in [1.165, 1.54) is 16.8 Å². The third-order valence-corrected chi connectivity index (χ3v) is 4.07. The lowest BCUT2D eigenvalue weighted by molar-refractivity contribution is -0.384. The van der Waals surface area contributed by atoms with Crippen LogP contribution >= 0.6 is 12.4 Å². The fourth-order valence-corrected chi connectivity index (χ4v) is 2.74. The van der Waals surface area contributed by atoms with Gasteiger partial charge in [0.1, 0.15) is 0 Å². The molecule has 0 saturated carbocycles. The van der Waals surface area contributed by atoms with Crippen molar-refractivity contribution < 1.29 is 9.72 Å². The maximum absolute atomic E-state index is 12.4. The van der Waals surface area contributed by atoms with Gasteiger partial charge in [0.25, 0.3) is 11.6 Å². The first-order valence-corrected chi connectivity index (χ1v) is 7.75. The van der Waals surface area contributed by atoms with Crippen LogP contribution in [0.15, 0.2) is 24.3 Å². The van der Waals surface area contributed by atoms with Gasteiger partial charge in [-0.25, -0.2) is 4.68 Å². The highest BCUT2D eigenvalue weighted by Crippen LogP contribution is 2.18. The number of amides is 1. The Bertz CT molecular complexity index is 772. The number of carbonyl (C=O) groups excluding carboxylic acids is 1. The highest BCUT2D eigenvalue weighted by Gasteiger charge is 2.22. The van der Waals surface area contributed by atoms with Crippen molar-refractivity contribution in [2.75, 3.05) is 13.1 Å². The van der Waals surface area contributed by atoms with Crippen LogP contribution in [-0.2, 0) is 0 Å². The maximum atomic E-state index is 12.4. The summed E-state index contributed by atoms with van der Waals surface area (Å²) in [5.41, 5.74) is 1.24. The Kier molecular flexibility index (Phi) is 6.05. The van der Waals surface area contributed by atoms with Gasteiger partial charge in [0.05, 0.1) is 16.3 Å². The minimum absolute atomic E-state index is 0. The largest absolute Gasteiger partial charge is 0.348 e. The lowest BCUT2D eigenvalue weighted by Crippen LogP contribution is -2.43. The van der Waals surface area contributed by atoms with E-state index in [0.717, 1.165) is 25.9 Å². The van der Waals surface area contributed by atoms with E-state index in [4.69, 9.17) is 0 Å². The average molecular weight is 367 g/mol. The smallest absolute Gasteiger partial charge is 0.273 e. The van der Waals surface area contributed by atoms with Gasteiger partial charge in [-0.2, -0.15) is 0 Å². The van der Waals surface area contributed by atoms with Crippen LogP contribution in [0.4, 0.5) is 5.69 Å². The van der Waals surface area contributed by atoms with Crippen molar-refractivity contribution in [1.29, 1.82) is 0 Å². The normalized spacial score (nSPS) is 14.6. The van der Waals surface area contributed by atoms with Crippen LogP contribution < -0.4 is 10.6 Å². The van der Waals surface area contributed by atoms with E-state index in [0.29, 0.717) is 11.4 Å². The van der Waals surface area contributed by atoms with E-state index in [9.17, 15) is 14.9 Å². The lowest BCUT2D eigenvalue weighted by atomic mass is 10.1. The number of hydrogen-bond donors (Lipinski definition) is 2. The minimum atomic E-state index is -0.472. The number of rotatable bonds is 4. The summed E-state index contributed by atoms with van der Waals surface area (Å²) in [5.74, 6) is -0.268. The third-order valence-electron chi connectivity index (χ3n) is 4.07. The number of aromatic nitrogens is 3. The fraction of sp³-hybridized carbons (Fsp3) is 0.400. The molecule has 2 aromatic rings. The van der Waals surface area contributed by atoms with Gasteiger partial charge in [0.15, 0.2) is 5.69 Å². The zero-order valence-electron chi connectivity index (χ0n) is 13.6. The zero-order valence-corrected chi connectivity index (χ0v) is 14.5.